The molecule has 0 bridgehead atoms. The first-order valence-corrected chi connectivity index (χ1v) is 11.5. The van der Waals surface area contributed by atoms with Gasteiger partial charge in [-0.2, -0.15) is 0 Å². The Kier molecular flexibility index (Phi) is 7.15. The lowest BCUT2D eigenvalue weighted by Gasteiger charge is -2.11. The second-order valence-electron chi connectivity index (χ2n) is 8.46. The first kappa shape index (κ1) is 24.0. The number of rotatable bonds is 9. The van der Waals surface area contributed by atoms with Crippen molar-refractivity contribution in [3.05, 3.63) is 88.9 Å². The predicted octanol–water partition coefficient (Wildman–Crippen LogP) is 5.11. The lowest BCUT2D eigenvalue weighted by atomic mass is 10.1. The van der Waals surface area contributed by atoms with Crippen molar-refractivity contribution in [2.24, 2.45) is 0 Å². The van der Waals surface area contributed by atoms with Crippen molar-refractivity contribution < 1.29 is 23.9 Å². The molecule has 4 aromatic rings. The molecule has 180 valence electrons. The van der Waals surface area contributed by atoms with Crippen molar-refractivity contribution in [1.82, 2.24) is 9.55 Å². The van der Waals surface area contributed by atoms with Crippen LogP contribution in [0.3, 0.4) is 0 Å². The number of aromatic nitrogens is 2. The maximum absolute atomic E-state index is 12.8. The number of carbonyl (C=O) groups excluding carboxylic acids is 3. The van der Waals surface area contributed by atoms with Crippen LogP contribution < -0.4 is 0 Å². The second kappa shape index (κ2) is 10.4. The van der Waals surface area contributed by atoms with Crippen LogP contribution in [0.4, 0.5) is 0 Å². The summed E-state index contributed by atoms with van der Waals surface area (Å²) in [6.45, 7) is 3.45. The van der Waals surface area contributed by atoms with Crippen molar-refractivity contribution in [2.75, 3.05) is 13.7 Å². The number of methoxy groups -OCH3 is 1. The van der Waals surface area contributed by atoms with Crippen molar-refractivity contribution >= 4 is 28.6 Å². The summed E-state index contributed by atoms with van der Waals surface area (Å²) in [5, 5.41) is 1.16. The molecule has 0 unspecified atom stereocenters. The van der Waals surface area contributed by atoms with E-state index in [1.165, 1.54) is 7.11 Å². The SMILES string of the molecule is COC(=O)c1ccc(-n2c(C)cc(C(=O)COC(=O)CCCc3c[nH]c4ccccc34)c2C)cc1. The molecule has 4 rings (SSSR count). The second-order valence-corrected chi connectivity index (χ2v) is 8.46. The van der Waals surface area contributed by atoms with Crippen LogP contribution in [0.5, 0.6) is 0 Å². The Morgan fingerprint density at radius 3 is 2.49 bits per heavy atom. The summed E-state index contributed by atoms with van der Waals surface area (Å²) in [5.41, 5.74) is 5.62. The van der Waals surface area contributed by atoms with Gasteiger partial charge in [-0.05, 0) is 68.7 Å². The van der Waals surface area contributed by atoms with E-state index in [0.717, 1.165) is 40.0 Å². The molecule has 0 aliphatic carbocycles. The number of para-hydroxylation sites is 1. The first-order valence-electron chi connectivity index (χ1n) is 11.5. The summed E-state index contributed by atoms with van der Waals surface area (Å²) in [7, 11) is 1.34. The zero-order chi connectivity index (χ0) is 24.9. The smallest absolute Gasteiger partial charge is 0.337 e. The summed E-state index contributed by atoms with van der Waals surface area (Å²) in [6.07, 6.45) is 3.62. The van der Waals surface area contributed by atoms with Crippen LogP contribution >= 0.6 is 0 Å². The van der Waals surface area contributed by atoms with E-state index in [1.807, 2.05) is 42.8 Å². The molecule has 0 saturated heterocycles. The van der Waals surface area contributed by atoms with Crippen molar-refractivity contribution in [3.63, 3.8) is 0 Å². The number of H-pyrrole nitrogens is 1. The number of Topliss-reactive ketones (excluding diaryl/α,β-unsaturated/α-hetero) is 1. The van der Waals surface area contributed by atoms with Gasteiger partial charge in [0.15, 0.2) is 6.61 Å². The van der Waals surface area contributed by atoms with Gasteiger partial charge in [-0.3, -0.25) is 9.59 Å². The molecule has 0 radical (unpaired) electrons. The molecule has 1 N–H and O–H groups in total. The fraction of sp³-hybridized carbons (Fsp3) is 0.250. The normalized spacial score (nSPS) is 10.9. The molecule has 7 heteroatoms. The molecule has 0 aliphatic heterocycles. The lowest BCUT2D eigenvalue weighted by Crippen LogP contribution is -2.15. The molecule has 0 amide bonds. The largest absolute Gasteiger partial charge is 0.465 e. The molecule has 2 heterocycles. The van der Waals surface area contributed by atoms with Crippen molar-refractivity contribution in [3.8, 4) is 5.69 Å². The van der Waals surface area contributed by atoms with E-state index in [9.17, 15) is 14.4 Å². The number of ketones is 1. The van der Waals surface area contributed by atoms with Gasteiger partial charge in [0.25, 0.3) is 0 Å². The molecule has 35 heavy (non-hydrogen) atoms. The third-order valence-corrected chi connectivity index (χ3v) is 6.14. The zero-order valence-electron chi connectivity index (χ0n) is 20.1. The monoisotopic (exact) mass is 472 g/mol. The van der Waals surface area contributed by atoms with Crippen LogP contribution in [-0.2, 0) is 20.7 Å². The highest BCUT2D eigenvalue weighted by molar-refractivity contribution is 5.99. The highest BCUT2D eigenvalue weighted by Crippen LogP contribution is 2.22. The predicted molar refractivity (Wildman–Crippen MR) is 133 cm³/mol. The lowest BCUT2D eigenvalue weighted by molar-refractivity contribution is -0.142. The third kappa shape index (κ3) is 5.19. The molecule has 0 spiro atoms. The van der Waals surface area contributed by atoms with E-state index in [1.54, 1.807) is 30.3 Å². The molecular weight excluding hydrogens is 444 g/mol. The zero-order valence-corrected chi connectivity index (χ0v) is 20.1. The minimum atomic E-state index is -0.406. The summed E-state index contributed by atoms with van der Waals surface area (Å²) in [4.78, 5) is 39.9. The average molecular weight is 473 g/mol. The Morgan fingerprint density at radius 2 is 1.74 bits per heavy atom. The van der Waals surface area contributed by atoms with Gasteiger partial charge in [-0.15, -0.1) is 0 Å². The number of aromatic amines is 1. The average Bonchev–Trinajstić information content (AvgIpc) is 3.42. The van der Waals surface area contributed by atoms with E-state index in [0.29, 0.717) is 17.5 Å². The van der Waals surface area contributed by atoms with Crippen molar-refractivity contribution in [1.29, 1.82) is 0 Å². The molecule has 0 saturated carbocycles. The van der Waals surface area contributed by atoms with Gasteiger partial charge in [-0.1, -0.05) is 18.2 Å². The third-order valence-electron chi connectivity index (χ3n) is 6.14. The van der Waals surface area contributed by atoms with E-state index < -0.39 is 5.97 Å². The van der Waals surface area contributed by atoms with Crippen molar-refractivity contribution in [2.45, 2.75) is 33.1 Å². The number of carbonyl (C=O) groups is 3. The maximum atomic E-state index is 12.8. The number of esters is 2. The Labute approximate surface area is 203 Å². The Balaban J connectivity index is 1.33. The van der Waals surface area contributed by atoms with Crippen LogP contribution in [0, 0.1) is 13.8 Å². The first-order chi connectivity index (χ1) is 16.9. The Hall–Kier alpha value is -4.13. The molecular formula is C28H28N2O5. The number of aryl methyl sites for hydroxylation is 2. The summed E-state index contributed by atoms with van der Waals surface area (Å²) in [6, 6.07) is 16.8. The minimum Gasteiger partial charge on any atom is -0.465 e. The van der Waals surface area contributed by atoms with Gasteiger partial charge in [0.2, 0.25) is 5.78 Å². The summed E-state index contributed by atoms with van der Waals surface area (Å²) >= 11 is 0. The topological polar surface area (TPSA) is 90.4 Å². The fourth-order valence-corrected chi connectivity index (χ4v) is 4.36. The van der Waals surface area contributed by atoms with E-state index in [-0.39, 0.29) is 24.8 Å². The van der Waals surface area contributed by atoms with Gasteiger partial charge in [0, 0.05) is 46.2 Å². The number of hydrogen-bond acceptors (Lipinski definition) is 5. The Morgan fingerprint density at radius 1 is 1.00 bits per heavy atom. The molecule has 2 aromatic heterocycles. The number of nitrogens with zero attached hydrogens (tertiary/aromatic N) is 1. The van der Waals surface area contributed by atoms with Gasteiger partial charge >= 0.3 is 11.9 Å². The van der Waals surface area contributed by atoms with Crippen LogP contribution in [0.25, 0.3) is 16.6 Å². The van der Waals surface area contributed by atoms with Crippen LogP contribution in [0.1, 0.15) is 50.5 Å². The van der Waals surface area contributed by atoms with Gasteiger partial charge in [-0.25, -0.2) is 4.79 Å². The van der Waals surface area contributed by atoms with Crippen LogP contribution in [0.15, 0.2) is 60.8 Å². The molecule has 0 atom stereocenters. The van der Waals surface area contributed by atoms with Gasteiger partial charge in [0.05, 0.1) is 12.7 Å². The minimum absolute atomic E-state index is 0.248. The number of nitrogens with one attached hydrogen (secondary N) is 1. The highest BCUT2D eigenvalue weighted by Gasteiger charge is 2.18. The molecule has 0 fully saturated rings. The molecule has 2 aromatic carbocycles. The molecule has 0 aliphatic rings. The quantitative estimate of drug-likeness (QED) is 0.270. The molecule has 7 nitrogen and oxygen atoms in total. The maximum Gasteiger partial charge on any atom is 0.337 e. The Bertz CT molecular complexity index is 1380. The number of hydrogen-bond donors (Lipinski definition) is 1. The number of benzene rings is 2. The van der Waals surface area contributed by atoms with E-state index in [4.69, 9.17) is 9.47 Å². The summed E-state index contributed by atoms with van der Waals surface area (Å²) in [5.74, 6) is -1.04. The number of ether oxygens (including phenoxy) is 2. The number of fused-ring (bicyclic) bond motifs is 1. The fourth-order valence-electron chi connectivity index (χ4n) is 4.36. The van der Waals surface area contributed by atoms with Gasteiger partial charge < -0.3 is 19.0 Å². The van der Waals surface area contributed by atoms with Crippen LogP contribution in [-0.4, -0.2) is 41.0 Å². The van der Waals surface area contributed by atoms with Crippen LogP contribution in [0.2, 0.25) is 0 Å². The summed E-state index contributed by atoms with van der Waals surface area (Å²) < 4.78 is 11.9. The van der Waals surface area contributed by atoms with Gasteiger partial charge in [0.1, 0.15) is 0 Å². The highest BCUT2D eigenvalue weighted by atomic mass is 16.5. The standard InChI is InChI=1S/C28H28N2O5/c1-18-15-24(19(2)30(18)22-13-11-20(12-14-22)28(33)34-3)26(31)17-35-27(32)10-6-7-21-16-29-25-9-5-4-8-23(21)25/h4-5,8-9,11-16,29H,6-7,10,17H2,1-3H3. The van der Waals surface area contributed by atoms with E-state index >= 15 is 0 Å². The van der Waals surface area contributed by atoms with E-state index in [2.05, 4.69) is 11.1 Å².